The van der Waals surface area contributed by atoms with Crippen LogP contribution in [0.4, 0.5) is 9.18 Å². The number of amides is 2. The number of benzene rings is 1. The van der Waals surface area contributed by atoms with E-state index in [1.54, 1.807) is 32.7 Å². The lowest BCUT2D eigenvalue weighted by molar-refractivity contribution is 0.0279. The normalized spacial score (nSPS) is 17.6. The van der Waals surface area contributed by atoms with E-state index in [1.165, 1.54) is 17.0 Å². The first-order valence-corrected chi connectivity index (χ1v) is 9.06. The zero-order valence-electron chi connectivity index (χ0n) is 14.6. The third kappa shape index (κ3) is 4.85. The highest BCUT2D eigenvalue weighted by Gasteiger charge is 2.34. The molecule has 0 N–H and O–H groups in total. The molecule has 0 radical (unpaired) electrons. The van der Waals surface area contributed by atoms with Crippen molar-refractivity contribution in [3.63, 3.8) is 0 Å². The Labute approximate surface area is 160 Å². The van der Waals surface area contributed by atoms with Gasteiger partial charge in [-0.05, 0) is 55.3 Å². The number of carbonyl (C=O) groups is 2. The van der Waals surface area contributed by atoms with Crippen LogP contribution in [-0.4, -0.2) is 53.6 Å². The SMILES string of the molecule is CN(C(=O)c1cc(Cl)c(Br)cc1F)[C@@H]1CCN(C(=O)OC(C)(C)C)C1. The quantitative estimate of drug-likeness (QED) is 0.650. The summed E-state index contributed by atoms with van der Waals surface area (Å²) < 4.78 is 19.8. The van der Waals surface area contributed by atoms with E-state index in [9.17, 15) is 14.0 Å². The van der Waals surface area contributed by atoms with Crippen molar-refractivity contribution in [1.82, 2.24) is 9.80 Å². The monoisotopic (exact) mass is 434 g/mol. The standard InChI is InChI=1S/C17H21BrClFN2O3/c1-17(2,3)25-16(24)22-6-5-10(9-22)21(4)15(23)11-7-13(19)12(18)8-14(11)20/h7-8,10H,5-6,9H2,1-4H3/t10-/m1/s1. The Morgan fingerprint density at radius 2 is 2.04 bits per heavy atom. The number of rotatable bonds is 2. The fourth-order valence-corrected chi connectivity index (χ4v) is 3.07. The summed E-state index contributed by atoms with van der Waals surface area (Å²) in [5.41, 5.74) is -0.666. The van der Waals surface area contributed by atoms with Gasteiger partial charge in [-0.2, -0.15) is 0 Å². The van der Waals surface area contributed by atoms with Gasteiger partial charge in [-0.3, -0.25) is 4.79 Å². The second kappa shape index (κ2) is 7.50. The number of likely N-dealkylation sites (tertiary alicyclic amines) is 1. The molecule has 5 nitrogen and oxygen atoms in total. The van der Waals surface area contributed by atoms with Crippen molar-refractivity contribution in [3.05, 3.63) is 33.0 Å². The van der Waals surface area contributed by atoms with Gasteiger partial charge in [0.2, 0.25) is 0 Å². The molecule has 2 rings (SSSR count). The second-order valence-electron chi connectivity index (χ2n) is 7.03. The number of hydrogen-bond donors (Lipinski definition) is 0. The van der Waals surface area contributed by atoms with Crippen LogP contribution in [0.25, 0.3) is 0 Å². The van der Waals surface area contributed by atoms with Gasteiger partial charge >= 0.3 is 6.09 Å². The van der Waals surface area contributed by atoms with Crippen LogP contribution >= 0.6 is 27.5 Å². The summed E-state index contributed by atoms with van der Waals surface area (Å²) in [5.74, 6) is -1.11. The number of hydrogen-bond acceptors (Lipinski definition) is 3. The van der Waals surface area contributed by atoms with Gasteiger partial charge in [0.15, 0.2) is 0 Å². The summed E-state index contributed by atoms with van der Waals surface area (Å²) in [6.45, 7) is 6.24. The minimum Gasteiger partial charge on any atom is -0.444 e. The van der Waals surface area contributed by atoms with Crippen LogP contribution in [0, 0.1) is 5.82 Å². The molecule has 1 fully saturated rings. The highest BCUT2D eigenvalue weighted by Crippen LogP contribution is 2.27. The molecule has 0 aliphatic carbocycles. The highest BCUT2D eigenvalue weighted by atomic mass is 79.9. The van der Waals surface area contributed by atoms with Gasteiger partial charge in [0.1, 0.15) is 11.4 Å². The Kier molecular flexibility index (Phi) is 5.99. The van der Waals surface area contributed by atoms with Gasteiger partial charge in [-0.25, -0.2) is 9.18 Å². The molecule has 2 amide bonds. The lowest BCUT2D eigenvalue weighted by Gasteiger charge is -2.27. The van der Waals surface area contributed by atoms with E-state index in [2.05, 4.69) is 15.9 Å². The number of likely N-dealkylation sites (N-methyl/N-ethyl adjacent to an activating group) is 1. The van der Waals surface area contributed by atoms with Crippen molar-refractivity contribution in [2.75, 3.05) is 20.1 Å². The Hall–Kier alpha value is -1.34. The van der Waals surface area contributed by atoms with E-state index in [-0.39, 0.29) is 16.6 Å². The van der Waals surface area contributed by atoms with E-state index in [4.69, 9.17) is 16.3 Å². The van der Waals surface area contributed by atoms with E-state index in [0.29, 0.717) is 24.0 Å². The number of ether oxygens (including phenoxy) is 1. The molecular weight excluding hydrogens is 415 g/mol. The van der Waals surface area contributed by atoms with Gasteiger partial charge in [0.05, 0.1) is 16.6 Å². The number of halogens is 3. The summed E-state index contributed by atoms with van der Waals surface area (Å²) in [7, 11) is 1.60. The Morgan fingerprint density at radius 1 is 1.40 bits per heavy atom. The predicted octanol–water partition coefficient (Wildman–Crippen LogP) is 4.32. The molecular formula is C17H21BrClFN2O3. The van der Waals surface area contributed by atoms with Crippen LogP contribution < -0.4 is 0 Å². The highest BCUT2D eigenvalue weighted by molar-refractivity contribution is 9.10. The number of carbonyl (C=O) groups excluding carboxylic acids is 2. The van der Waals surface area contributed by atoms with Crippen molar-refractivity contribution in [1.29, 1.82) is 0 Å². The average molecular weight is 436 g/mol. The van der Waals surface area contributed by atoms with Crippen LogP contribution in [-0.2, 0) is 4.74 Å². The van der Waals surface area contributed by atoms with Crippen LogP contribution in [0.2, 0.25) is 5.02 Å². The van der Waals surface area contributed by atoms with Gasteiger partial charge in [0, 0.05) is 24.6 Å². The molecule has 1 aliphatic rings. The molecule has 138 valence electrons. The zero-order chi connectivity index (χ0) is 18.9. The first kappa shape index (κ1) is 20.0. The van der Waals surface area contributed by atoms with Crippen molar-refractivity contribution in [2.45, 2.75) is 38.8 Å². The summed E-state index contributed by atoms with van der Waals surface area (Å²) in [5, 5.41) is 0.264. The summed E-state index contributed by atoms with van der Waals surface area (Å²) in [4.78, 5) is 27.7. The van der Waals surface area contributed by atoms with Crippen LogP contribution in [0.3, 0.4) is 0 Å². The fourth-order valence-electron chi connectivity index (χ4n) is 2.59. The molecule has 8 heteroatoms. The first-order chi connectivity index (χ1) is 11.5. The van der Waals surface area contributed by atoms with Crippen molar-refractivity contribution >= 4 is 39.5 Å². The Balaban J connectivity index is 2.07. The number of nitrogens with zero attached hydrogens (tertiary/aromatic N) is 2. The molecule has 1 heterocycles. The zero-order valence-corrected chi connectivity index (χ0v) is 16.9. The topological polar surface area (TPSA) is 49.9 Å². The lowest BCUT2D eigenvalue weighted by Crippen LogP contribution is -2.41. The van der Waals surface area contributed by atoms with Gasteiger partial charge in [-0.15, -0.1) is 0 Å². The first-order valence-electron chi connectivity index (χ1n) is 7.89. The van der Waals surface area contributed by atoms with Crippen LogP contribution in [0.5, 0.6) is 0 Å². The molecule has 1 aromatic rings. The average Bonchev–Trinajstić information content (AvgIpc) is 2.98. The largest absolute Gasteiger partial charge is 0.444 e. The second-order valence-corrected chi connectivity index (χ2v) is 8.29. The van der Waals surface area contributed by atoms with Crippen molar-refractivity contribution < 1.29 is 18.7 Å². The minimum atomic E-state index is -0.643. The van der Waals surface area contributed by atoms with Crippen molar-refractivity contribution in [3.8, 4) is 0 Å². The maximum absolute atomic E-state index is 14.1. The minimum absolute atomic E-state index is 0.0913. The lowest BCUT2D eigenvalue weighted by atomic mass is 10.1. The smallest absolute Gasteiger partial charge is 0.410 e. The summed E-state index contributed by atoms with van der Waals surface area (Å²) in [6.07, 6.45) is 0.196. The summed E-state index contributed by atoms with van der Waals surface area (Å²) in [6, 6.07) is 2.27. The third-order valence-electron chi connectivity index (χ3n) is 3.92. The van der Waals surface area contributed by atoms with Gasteiger partial charge in [-0.1, -0.05) is 11.6 Å². The molecule has 0 saturated carbocycles. The third-order valence-corrected chi connectivity index (χ3v) is 5.12. The van der Waals surface area contributed by atoms with Crippen LogP contribution in [0.15, 0.2) is 16.6 Å². The molecule has 1 aromatic carbocycles. The van der Waals surface area contributed by atoms with Gasteiger partial charge < -0.3 is 14.5 Å². The molecule has 0 spiro atoms. The van der Waals surface area contributed by atoms with Crippen molar-refractivity contribution in [2.24, 2.45) is 0 Å². The molecule has 1 aliphatic heterocycles. The maximum Gasteiger partial charge on any atom is 0.410 e. The molecule has 0 aromatic heterocycles. The maximum atomic E-state index is 14.1. The van der Waals surface area contributed by atoms with E-state index in [0.717, 1.165) is 0 Å². The molecule has 0 unspecified atom stereocenters. The molecule has 25 heavy (non-hydrogen) atoms. The van der Waals surface area contributed by atoms with E-state index < -0.39 is 23.4 Å². The predicted molar refractivity (Wildman–Crippen MR) is 97.4 cm³/mol. The Bertz CT molecular complexity index is 693. The fraction of sp³-hybridized carbons (Fsp3) is 0.529. The van der Waals surface area contributed by atoms with E-state index in [1.807, 2.05) is 0 Å². The van der Waals surface area contributed by atoms with Crippen LogP contribution in [0.1, 0.15) is 37.6 Å². The molecule has 0 bridgehead atoms. The Morgan fingerprint density at radius 3 is 2.64 bits per heavy atom. The molecule has 1 saturated heterocycles. The summed E-state index contributed by atoms with van der Waals surface area (Å²) >= 11 is 9.09. The van der Waals surface area contributed by atoms with E-state index >= 15 is 0 Å². The molecule has 1 atom stereocenters. The van der Waals surface area contributed by atoms with Gasteiger partial charge in [0.25, 0.3) is 5.91 Å².